The van der Waals surface area contributed by atoms with Gasteiger partial charge >= 0.3 is 0 Å². The number of nitrogens with one attached hydrogen (secondary N) is 1. The lowest BCUT2D eigenvalue weighted by atomic mass is 10.2. The van der Waals surface area contributed by atoms with Crippen molar-refractivity contribution in [2.45, 2.75) is 0 Å². The van der Waals surface area contributed by atoms with E-state index in [0.717, 1.165) is 11.6 Å². The first-order chi connectivity index (χ1) is 10.2. The number of hydrazone groups is 1. The summed E-state index contributed by atoms with van der Waals surface area (Å²) in [5, 5.41) is 4.38. The number of carbonyl (C=O) groups excluding carboxylic acids is 1. The van der Waals surface area contributed by atoms with Crippen LogP contribution in [0.1, 0.15) is 15.9 Å². The van der Waals surface area contributed by atoms with Gasteiger partial charge in [0.15, 0.2) is 0 Å². The SMILES string of the molecule is O=C(N/N=C\C=C\c1ccccc1Cl)c1cccc(F)c1. The number of nitrogens with zero attached hydrogens (tertiary/aromatic N) is 1. The van der Waals surface area contributed by atoms with Gasteiger partial charge in [-0.05, 0) is 35.9 Å². The molecule has 0 aromatic heterocycles. The van der Waals surface area contributed by atoms with E-state index in [2.05, 4.69) is 10.5 Å². The summed E-state index contributed by atoms with van der Waals surface area (Å²) in [7, 11) is 0. The first-order valence-electron chi connectivity index (χ1n) is 6.17. The number of rotatable bonds is 4. The number of benzene rings is 2. The molecule has 0 fully saturated rings. The van der Waals surface area contributed by atoms with Crippen molar-refractivity contribution in [3.63, 3.8) is 0 Å². The Morgan fingerprint density at radius 1 is 1.19 bits per heavy atom. The molecule has 2 rings (SSSR count). The number of hydrogen-bond donors (Lipinski definition) is 1. The van der Waals surface area contributed by atoms with E-state index >= 15 is 0 Å². The second kappa shape index (κ2) is 7.36. The highest BCUT2D eigenvalue weighted by Crippen LogP contribution is 2.15. The summed E-state index contributed by atoms with van der Waals surface area (Å²) >= 11 is 5.98. The van der Waals surface area contributed by atoms with Crippen LogP contribution in [-0.2, 0) is 0 Å². The molecule has 0 unspecified atom stereocenters. The Hall–Kier alpha value is -2.46. The van der Waals surface area contributed by atoms with E-state index in [1.807, 2.05) is 18.2 Å². The van der Waals surface area contributed by atoms with Gasteiger partial charge < -0.3 is 0 Å². The summed E-state index contributed by atoms with van der Waals surface area (Å²) in [6.07, 6.45) is 4.83. The Labute approximate surface area is 126 Å². The molecule has 21 heavy (non-hydrogen) atoms. The summed E-state index contributed by atoms with van der Waals surface area (Å²) in [6.45, 7) is 0. The minimum Gasteiger partial charge on any atom is -0.267 e. The van der Waals surface area contributed by atoms with E-state index in [1.165, 1.54) is 24.4 Å². The highest BCUT2D eigenvalue weighted by molar-refractivity contribution is 6.32. The molecular formula is C16H12ClFN2O. The number of allylic oxidation sites excluding steroid dienone is 1. The zero-order valence-electron chi connectivity index (χ0n) is 11.0. The van der Waals surface area contributed by atoms with Crippen LogP contribution >= 0.6 is 11.6 Å². The number of hydrogen-bond acceptors (Lipinski definition) is 2. The highest BCUT2D eigenvalue weighted by Gasteiger charge is 2.03. The highest BCUT2D eigenvalue weighted by atomic mass is 35.5. The lowest BCUT2D eigenvalue weighted by molar-refractivity contribution is 0.0954. The smallest absolute Gasteiger partial charge is 0.267 e. The van der Waals surface area contributed by atoms with Crippen molar-refractivity contribution in [2.75, 3.05) is 0 Å². The standard InChI is InChI=1S/C16H12ClFN2O/c17-15-9-2-1-5-12(15)7-4-10-19-20-16(21)13-6-3-8-14(18)11-13/h1-11H,(H,20,21)/b7-4+,19-10-. The summed E-state index contributed by atoms with van der Waals surface area (Å²) in [4.78, 5) is 11.6. The Bertz CT molecular complexity index is 698. The molecule has 0 spiro atoms. The Kier molecular flexibility index (Phi) is 5.23. The van der Waals surface area contributed by atoms with Crippen LogP contribution in [0.3, 0.4) is 0 Å². The molecular weight excluding hydrogens is 291 g/mol. The van der Waals surface area contributed by atoms with E-state index in [0.29, 0.717) is 5.02 Å². The molecule has 106 valence electrons. The van der Waals surface area contributed by atoms with Gasteiger partial charge in [0.1, 0.15) is 5.82 Å². The van der Waals surface area contributed by atoms with Gasteiger partial charge in [-0.3, -0.25) is 4.79 Å². The van der Waals surface area contributed by atoms with Crippen molar-refractivity contribution in [3.8, 4) is 0 Å². The molecule has 1 amide bonds. The van der Waals surface area contributed by atoms with Crippen LogP contribution in [0.15, 0.2) is 59.7 Å². The maximum Gasteiger partial charge on any atom is 0.271 e. The largest absolute Gasteiger partial charge is 0.271 e. The fourth-order valence-corrected chi connectivity index (χ4v) is 1.79. The zero-order chi connectivity index (χ0) is 15.1. The number of carbonyl (C=O) groups is 1. The maximum atomic E-state index is 13.0. The third-order valence-corrected chi connectivity index (χ3v) is 2.94. The molecule has 2 aromatic rings. The molecule has 2 aromatic carbocycles. The van der Waals surface area contributed by atoms with Crippen LogP contribution in [0.5, 0.6) is 0 Å². The monoisotopic (exact) mass is 302 g/mol. The van der Waals surface area contributed by atoms with Crippen LogP contribution in [0.4, 0.5) is 4.39 Å². The van der Waals surface area contributed by atoms with Crippen molar-refractivity contribution in [1.29, 1.82) is 0 Å². The van der Waals surface area contributed by atoms with Gasteiger partial charge in [0.2, 0.25) is 0 Å². The van der Waals surface area contributed by atoms with Gasteiger partial charge in [0.25, 0.3) is 5.91 Å². The van der Waals surface area contributed by atoms with Crippen molar-refractivity contribution >= 4 is 29.8 Å². The topological polar surface area (TPSA) is 41.5 Å². The van der Waals surface area contributed by atoms with Crippen LogP contribution in [-0.4, -0.2) is 12.1 Å². The molecule has 0 aliphatic rings. The first-order valence-corrected chi connectivity index (χ1v) is 6.55. The molecule has 0 saturated heterocycles. The van der Waals surface area contributed by atoms with Crippen LogP contribution in [0, 0.1) is 5.82 Å². The fraction of sp³-hybridized carbons (Fsp3) is 0. The predicted molar refractivity (Wildman–Crippen MR) is 82.8 cm³/mol. The molecule has 1 N–H and O–H groups in total. The lowest BCUT2D eigenvalue weighted by Gasteiger charge is -1.98. The lowest BCUT2D eigenvalue weighted by Crippen LogP contribution is -2.17. The first kappa shape index (κ1) is 14.9. The fourth-order valence-electron chi connectivity index (χ4n) is 1.59. The molecule has 3 nitrogen and oxygen atoms in total. The maximum absolute atomic E-state index is 13.0. The zero-order valence-corrected chi connectivity index (χ0v) is 11.7. The average Bonchev–Trinajstić information content (AvgIpc) is 2.48. The predicted octanol–water partition coefficient (Wildman–Crippen LogP) is 3.91. The normalized spacial score (nSPS) is 11.1. The van der Waals surface area contributed by atoms with Crippen molar-refractivity contribution in [3.05, 3.63) is 76.6 Å². The van der Waals surface area contributed by atoms with Gasteiger partial charge in [-0.1, -0.05) is 41.9 Å². The molecule has 0 heterocycles. The molecule has 0 atom stereocenters. The average molecular weight is 303 g/mol. The molecule has 0 radical (unpaired) electrons. The second-order valence-corrected chi connectivity index (χ2v) is 4.52. The minimum absolute atomic E-state index is 0.210. The minimum atomic E-state index is -0.475. The van der Waals surface area contributed by atoms with Crippen molar-refractivity contribution in [1.82, 2.24) is 5.43 Å². The molecule has 0 aliphatic heterocycles. The van der Waals surface area contributed by atoms with Crippen molar-refractivity contribution in [2.24, 2.45) is 5.10 Å². The summed E-state index contributed by atoms with van der Waals surface area (Å²) < 4.78 is 13.0. The summed E-state index contributed by atoms with van der Waals surface area (Å²) in [5.74, 6) is -0.942. The van der Waals surface area contributed by atoms with Gasteiger partial charge in [-0.2, -0.15) is 5.10 Å². The van der Waals surface area contributed by atoms with E-state index < -0.39 is 11.7 Å². The Morgan fingerprint density at radius 3 is 2.76 bits per heavy atom. The molecule has 5 heteroatoms. The van der Waals surface area contributed by atoms with Crippen LogP contribution in [0.2, 0.25) is 5.02 Å². The van der Waals surface area contributed by atoms with E-state index in [9.17, 15) is 9.18 Å². The number of halogens is 2. The van der Waals surface area contributed by atoms with E-state index in [-0.39, 0.29) is 5.56 Å². The van der Waals surface area contributed by atoms with Crippen LogP contribution in [0.25, 0.3) is 6.08 Å². The number of amides is 1. The van der Waals surface area contributed by atoms with E-state index in [4.69, 9.17) is 11.6 Å². The molecule has 0 saturated carbocycles. The van der Waals surface area contributed by atoms with E-state index in [1.54, 1.807) is 18.2 Å². The van der Waals surface area contributed by atoms with Gasteiger partial charge in [0.05, 0.1) is 0 Å². The van der Waals surface area contributed by atoms with Crippen LogP contribution < -0.4 is 5.43 Å². The van der Waals surface area contributed by atoms with Gasteiger partial charge in [0, 0.05) is 16.8 Å². The van der Waals surface area contributed by atoms with Gasteiger partial charge in [-0.15, -0.1) is 0 Å². The Balaban J connectivity index is 1.91. The summed E-state index contributed by atoms with van der Waals surface area (Å²) in [6, 6.07) is 12.7. The third-order valence-electron chi connectivity index (χ3n) is 2.59. The Morgan fingerprint density at radius 2 is 2.00 bits per heavy atom. The molecule has 0 aliphatic carbocycles. The van der Waals surface area contributed by atoms with Gasteiger partial charge in [-0.25, -0.2) is 9.82 Å². The van der Waals surface area contributed by atoms with Crippen molar-refractivity contribution < 1.29 is 9.18 Å². The third kappa shape index (κ3) is 4.54. The summed E-state index contributed by atoms with van der Waals surface area (Å²) in [5.41, 5.74) is 3.37. The quantitative estimate of drug-likeness (QED) is 0.675. The molecule has 0 bridgehead atoms. The second-order valence-electron chi connectivity index (χ2n) is 4.11.